The normalized spacial score (nSPS) is 18.3. The zero-order valence-electron chi connectivity index (χ0n) is 34.0. The van der Waals surface area contributed by atoms with Gasteiger partial charge in [-0.05, 0) is 90.7 Å². The second-order valence-electron chi connectivity index (χ2n) is 16.0. The van der Waals surface area contributed by atoms with Gasteiger partial charge >= 0.3 is 17.3 Å². The van der Waals surface area contributed by atoms with Crippen LogP contribution in [-0.4, -0.2) is 66.3 Å². The fourth-order valence-electron chi connectivity index (χ4n) is 9.45. The van der Waals surface area contributed by atoms with Gasteiger partial charge in [0.2, 0.25) is 0 Å². The van der Waals surface area contributed by atoms with E-state index in [1.165, 1.54) is 30.9 Å². The molecule has 1 saturated heterocycles. The van der Waals surface area contributed by atoms with Crippen LogP contribution in [0.1, 0.15) is 47.6 Å². The number of benzene rings is 4. The predicted molar refractivity (Wildman–Crippen MR) is 241 cm³/mol. The predicted octanol–water partition coefficient (Wildman–Crippen LogP) is 7.46. The molecule has 8 aromatic rings. The molecular weight excluding hydrogens is 815 g/mol. The Morgan fingerprint density at radius 3 is 2.03 bits per heavy atom. The molecule has 14 nitrogen and oxygen atoms in total. The van der Waals surface area contributed by atoms with E-state index in [2.05, 4.69) is 59.0 Å². The SMILES string of the molecule is Cc1cccc2c1c(Cn1c(=O)n(C3CCCC3C(=O)O)c3ccccc31)cn2C.Cc1cccc2scc(Cn3c(=O)n(CCN4CC(=O)NS4(O)O)c4ccccc43)c12. The fourth-order valence-corrected chi connectivity index (χ4v) is 11.6. The van der Waals surface area contributed by atoms with Gasteiger partial charge in [0.25, 0.3) is 5.91 Å². The Morgan fingerprint density at radius 1 is 0.738 bits per heavy atom. The van der Waals surface area contributed by atoms with Crippen molar-refractivity contribution in [2.24, 2.45) is 13.0 Å². The summed E-state index contributed by atoms with van der Waals surface area (Å²) in [6.07, 6.45) is 4.26. The first-order chi connectivity index (χ1) is 29.3. The minimum Gasteiger partial charge on any atom is -0.481 e. The fraction of sp³-hybridized carbons (Fsp3) is 0.289. The molecule has 4 aromatic carbocycles. The standard InChI is InChI=1S/C24H25N3O3.C21H22N4O4S2/c1-15-7-5-12-21-22(15)16(13-25(21)2)14-26-19-9-3-4-10-20(19)27(24(26)30)18-11-6-8-17(18)23(28)29;1-14-5-4-8-18-20(14)15(13-30-18)11-25-17-7-3-2-6-16(17)24(21(25)27)10-9-23-12-19(26)22-31(23,28)29/h3-5,7,9-10,12-13,17-18H,6,8,11,14H2,1-2H3,(H,28,29);2-8,13,28-29H,9-12H2,1H3,(H,22,26). The van der Waals surface area contributed by atoms with Crippen LogP contribution in [0.3, 0.4) is 0 Å². The number of fused-ring (bicyclic) bond motifs is 4. The summed E-state index contributed by atoms with van der Waals surface area (Å²) in [5.41, 5.74) is 8.68. The van der Waals surface area contributed by atoms with Gasteiger partial charge in [-0.3, -0.25) is 37.0 Å². The van der Waals surface area contributed by atoms with Crippen LogP contribution >= 0.6 is 22.3 Å². The summed E-state index contributed by atoms with van der Waals surface area (Å²) < 4.78 is 33.7. The summed E-state index contributed by atoms with van der Waals surface area (Å²) >= 11 is 1.67. The highest BCUT2D eigenvalue weighted by Gasteiger charge is 2.37. The van der Waals surface area contributed by atoms with Crippen LogP contribution in [0.2, 0.25) is 0 Å². The number of hydrogen-bond donors (Lipinski definition) is 4. The third-order valence-corrected chi connectivity index (χ3v) is 14.8. The number of thiophene rings is 1. The number of carbonyl (C=O) groups is 2. The van der Waals surface area contributed by atoms with Crippen LogP contribution in [-0.2, 0) is 36.3 Å². The average molecular weight is 862 g/mol. The second-order valence-corrected chi connectivity index (χ2v) is 18.7. The van der Waals surface area contributed by atoms with Crippen LogP contribution in [0.15, 0.2) is 106 Å². The molecule has 1 amide bonds. The molecule has 1 aliphatic heterocycles. The van der Waals surface area contributed by atoms with Crippen molar-refractivity contribution in [1.82, 2.24) is 31.9 Å². The summed E-state index contributed by atoms with van der Waals surface area (Å²) in [5, 5.41) is 14.1. The van der Waals surface area contributed by atoms with Crippen molar-refractivity contribution in [2.75, 3.05) is 13.1 Å². The first kappa shape index (κ1) is 40.5. The number of nitrogens with one attached hydrogen (secondary N) is 1. The van der Waals surface area contributed by atoms with Crippen LogP contribution in [0.4, 0.5) is 0 Å². The number of imidazole rings is 2. The van der Waals surface area contributed by atoms with Gasteiger partial charge in [-0.15, -0.1) is 11.3 Å². The van der Waals surface area contributed by atoms with E-state index in [9.17, 15) is 33.4 Å². The molecule has 1 saturated carbocycles. The van der Waals surface area contributed by atoms with Gasteiger partial charge in [0, 0.05) is 47.3 Å². The highest BCUT2D eigenvalue weighted by molar-refractivity contribution is 8.21. The van der Waals surface area contributed by atoms with Crippen LogP contribution < -0.4 is 16.1 Å². The van der Waals surface area contributed by atoms with Crippen molar-refractivity contribution in [3.63, 3.8) is 0 Å². The molecule has 5 heterocycles. The Kier molecular flexibility index (Phi) is 10.5. The lowest BCUT2D eigenvalue weighted by Gasteiger charge is -2.34. The number of aromatic nitrogens is 5. The molecule has 0 radical (unpaired) electrons. The van der Waals surface area contributed by atoms with Gasteiger partial charge < -0.3 is 9.67 Å². The van der Waals surface area contributed by atoms with Crippen LogP contribution in [0, 0.1) is 19.8 Å². The molecule has 1 aliphatic carbocycles. The zero-order valence-corrected chi connectivity index (χ0v) is 35.7. The van der Waals surface area contributed by atoms with E-state index < -0.39 is 28.8 Å². The van der Waals surface area contributed by atoms with Crippen molar-refractivity contribution in [3.8, 4) is 0 Å². The zero-order chi connectivity index (χ0) is 42.7. The van der Waals surface area contributed by atoms with Gasteiger partial charge in [-0.25, -0.2) is 14.3 Å². The van der Waals surface area contributed by atoms with E-state index in [1.54, 1.807) is 29.6 Å². The topological polar surface area (TPSA) is 169 Å². The third kappa shape index (κ3) is 7.17. The number of carboxylic acids is 1. The van der Waals surface area contributed by atoms with Crippen LogP contribution in [0.5, 0.6) is 0 Å². The molecule has 2 atom stereocenters. The number of carbonyl (C=O) groups excluding carboxylic acids is 1. The summed E-state index contributed by atoms with van der Waals surface area (Å²) in [6, 6.07) is 27.5. The average Bonchev–Trinajstić information content (AvgIpc) is 4.08. The Hall–Kier alpha value is -5.91. The van der Waals surface area contributed by atoms with Gasteiger partial charge in [0.15, 0.2) is 0 Å². The lowest BCUT2D eigenvalue weighted by Crippen LogP contribution is -2.32. The number of aliphatic carboxylic acids is 1. The number of hydrogen-bond acceptors (Lipinski definition) is 8. The number of para-hydroxylation sites is 4. The van der Waals surface area contributed by atoms with Crippen molar-refractivity contribution < 1.29 is 23.8 Å². The van der Waals surface area contributed by atoms with Gasteiger partial charge in [-0.1, -0.05) is 65.9 Å². The number of aryl methyl sites for hydroxylation is 3. The Balaban J connectivity index is 0.000000156. The molecular formula is C45H47N7O7S2. The Labute approximate surface area is 356 Å². The summed E-state index contributed by atoms with van der Waals surface area (Å²) in [5.74, 6) is -1.76. The van der Waals surface area contributed by atoms with E-state index in [4.69, 9.17) is 0 Å². The van der Waals surface area contributed by atoms with Crippen LogP contribution in [0.25, 0.3) is 43.1 Å². The number of rotatable bonds is 9. The maximum atomic E-state index is 13.6. The highest BCUT2D eigenvalue weighted by Crippen LogP contribution is 2.42. The molecule has 16 heteroatoms. The van der Waals surface area contributed by atoms with Crippen molar-refractivity contribution in [3.05, 3.63) is 140 Å². The molecule has 0 bridgehead atoms. The maximum Gasteiger partial charge on any atom is 0.329 e. The second kappa shape index (κ2) is 15.8. The van der Waals surface area contributed by atoms with Crippen molar-refractivity contribution in [1.29, 1.82) is 0 Å². The first-order valence-corrected chi connectivity index (χ1v) is 22.6. The van der Waals surface area contributed by atoms with Crippen molar-refractivity contribution >= 4 is 77.2 Å². The lowest BCUT2D eigenvalue weighted by atomic mass is 10.0. The van der Waals surface area contributed by atoms with E-state index in [1.807, 2.05) is 67.7 Å². The molecule has 0 spiro atoms. The molecule has 4 N–H and O–H groups in total. The quantitative estimate of drug-likeness (QED) is 0.116. The number of carboxylic acid groups (broad SMARTS) is 1. The van der Waals surface area contributed by atoms with E-state index in [0.717, 1.165) is 51.6 Å². The number of nitrogens with zero attached hydrogens (tertiary/aromatic N) is 6. The lowest BCUT2D eigenvalue weighted by molar-refractivity contribution is -0.142. The van der Waals surface area contributed by atoms with Crippen molar-refractivity contribution in [2.45, 2.75) is 58.8 Å². The van der Waals surface area contributed by atoms with E-state index >= 15 is 0 Å². The minimum absolute atomic E-state index is 0.101. The molecule has 10 rings (SSSR count). The molecule has 2 unspecified atom stereocenters. The summed E-state index contributed by atoms with van der Waals surface area (Å²) in [6.45, 7) is 5.38. The minimum atomic E-state index is -3.32. The molecule has 2 aliphatic rings. The monoisotopic (exact) mass is 861 g/mol. The summed E-state index contributed by atoms with van der Waals surface area (Å²) in [4.78, 5) is 50.3. The largest absolute Gasteiger partial charge is 0.481 e. The molecule has 4 aromatic heterocycles. The van der Waals surface area contributed by atoms with E-state index in [0.29, 0.717) is 19.5 Å². The Morgan fingerprint density at radius 2 is 1.34 bits per heavy atom. The Bertz CT molecular complexity index is 3130. The smallest absolute Gasteiger partial charge is 0.329 e. The molecule has 61 heavy (non-hydrogen) atoms. The molecule has 316 valence electrons. The molecule has 2 fully saturated rings. The highest BCUT2D eigenvalue weighted by atomic mass is 32.3. The van der Waals surface area contributed by atoms with Gasteiger partial charge in [-0.2, -0.15) is 4.31 Å². The van der Waals surface area contributed by atoms with E-state index in [-0.39, 0.29) is 37.1 Å². The number of amides is 1. The first-order valence-electron chi connectivity index (χ1n) is 20.3. The summed E-state index contributed by atoms with van der Waals surface area (Å²) in [7, 11) is -1.30. The maximum absolute atomic E-state index is 13.6. The van der Waals surface area contributed by atoms with Gasteiger partial charge in [0.1, 0.15) is 6.54 Å². The third-order valence-electron chi connectivity index (χ3n) is 12.3. The van der Waals surface area contributed by atoms with Gasteiger partial charge in [0.05, 0.1) is 47.1 Å².